The number of aliphatic carboxylic acids is 1. The third-order valence-electron chi connectivity index (χ3n) is 3.73. The van der Waals surface area contributed by atoms with Crippen molar-refractivity contribution in [3.05, 3.63) is 35.4 Å². The fourth-order valence-corrected chi connectivity index (χ4v) is 2.83. The van der Waals surface area contributed by atoms with E-state index >= 15 is 0 Å². The topological polar surface area (TPSA) is 40.5 Å². The van der Waals surface area contributed by atoms with Crippen molar-refractivity contribution in [1.29, 1.82) is 0 Å². The third-order valence-corrected chi connectivity index (χ3v) is 3.73. The highest BCUT2D eigenvalue weighted by Gasteiger charge is 2.29. The maximum Gasteiger partial charge on any atom is 0.321 e. The molecule has 0 radical (unpaired) electrons. The fourth-order valence-electron chi connectivity index (χ4n) is 2.83. The molecule has 2 rings (SSSR count). The molecule has 1 N–H and O–H groups in total. The van der Waals surface area contributed by atoms with Crippen LogP contribution in [-0.4, -0.2) is 35.1 Å². The summed E-state index contributed by atoms with van der Waals surface area (Å²) in [7, 11) is 0. The van der Waals surface area contributed by atoms with Crippen LogP contribution in [0, 0.1) is 5.92 Å². The molecule has 1 unspecified atom stereocenters. The summed E-state index contributed by atoms with van der Waals surface area (Å²) in [6.45, 7) is 5.64. The van der Waals surface area contributed by atoms with E-state index in [-0.39, 0.29) is 12.0 Å². The molecular formula is C15H21NO2. The summed E-state index contributed by atoms with van der Waals surface area (Å²) in [4.78, 5) is 13.5. The van der Waals surface area contributed by atoms with Crippen molar-refractivity contribution in [2.24, 2.45) is 5.92 Å². The van der Waals surface area contributed by atoms with Gasteiger partial charge in [-0.25, -0.2) is 0 Å². The average Bonchev–Trinajstić information content (AvgIpc) is 2.52. The number of hydrogen-bond donors (Lipinski definition) is 1. The molecule has 1 aliphatic rings. The highest BCUT2D eigenvalue weighted by atomic mass is 16.4. The molecule has 0 spiro atoms. The van der Waals surface area contributed by atoms with Crippen molar-refractivity contribution in [3.8, 4) is 0 Å². The molecule has 3 heteroatoms. The molecule has 0 aromatic heterocycles. The van der Waals surface area contributed by atoms with Crippen LogP contribution in [0.3, 0.4) is 0 Å². The Hall–Kier alpha value is -1.35. The minimum absolute atomic E-state index is 0.142. The molecule has 0 fully saturated rings. The quantitative estimate of drug-likeness (QED) is 0.890. The molecule has 0 saturated carbocycles. The number of carbonyl (C=O) groups is 1. The number of carboxylic acids is 1. The van der Waals surface area contributed by atoms with Gasteiger partial charge in [0.05, 0.1) is 0 Å². The molecule has 0 amide bonds. The van der Waals surface area contributed by atoms with E-state index in [2.05, 4.69) is 29.2 Å². The Balaban J connectivity index is 2.14. The number of carboxylic acid groups (broad SMARTS) is 1. The minimum atomic E-state index is -0.698. The largest absolute Gasteiger partial charge is 0.480 e. The molecule has 18 heavy (non-hydrogen) atoms. The Bertz CT molecular complexity index is 401. The van der Waals surface area contributed by atoms with E-state index < -0.39 is 5.97 Å². The molecule has 0 aliphatic carbocycles. The normalized spacial score (nSPS) is 18.2. The highest BCUT2D eigenvalue weighted by molar-refractivity contribution is 5.73. The monoisotopic (exact) mass is 247 g/mol. The Morgan fingerprint density at radius 1 is 1.17 bits per heavy atom. The van der Waals surface area contributed by atoms with Gasteiger partial charge in [0.1, 0.15) is 6.04 Å². The van der Waals surface area contributed by atoms with Crippen molar-refractivity contribution in [2.45, 2.75) is 32.7 Å². The summed E-state index contributed by atoms with van der Waals surface area (Å²) in [5, 5.41) is 9.36. The number of hydrogen-bond acceptors (Lipinski definition) is 2. The van der Waals surface area contributed by atoms with Gasteiger partial charge in [-0.05, 0) is 29.9 Å². The number of nitrogens with zero attached hydrogens (tertiary/aromatic N) is 1. The highest BCUT2D eigenvalue weighted by Crippen LogP contribution is 2.19. The zero-order valence-electron chi connectivity index (χ0n) is 11.1. The Morgan fingerprint density at radius 2 is 1.67 bits per heavy atom. The van der Waals surface area contributed by atoms with Gasteiger partial charge in [0.2, 0.25) is 0 Å². The zero-order valence-corrected chi connectivity index (χ0v) is 11.1. The first-order valence-electron chi connectivity index (χ1n) is 6.63. The summed E-state index contributed by atoms with van der Waals surface area (Å²) in [5.74, 6) is -0.556. The van der Waals surface area contributed by atoms with Crippen molar-refractivity contribution >= 4 is 5.97 Å². The molecule has 1 aromatic rings. The van der Waals surface area contributed by atoms with Gasteiger partial charge in [0.25, 0.3) is 0 Å². The van der Waals surface area contributed by atoms with Crippen LogP contribution in [0.1, 0.15) is 25.0 Å². The van der Waals surface area contributed by atoms with Crippen molar-refractivity contribution < 1.29 is 9.90 Å². The summed E-state index contributed by atoms with van der Waals surface area (Å²) >= 11 is 0. The molecule has 1 heterocycles. The zero-order chi connectivity index (χ0) is 13.1. The predicted octanol–water partition coefficient (Wildman–Crippen LogP) is 2.20. The van der Waals surface area contributed by atoms with Crippen LogP contribution < -0.4 is 0 Å². The Morgan fingerprint density at radius 3 is 2.06 bits per heavy atom. The van der Waals surface area contributed by atoms with E-state index in [1.54, 1.807) is 0 Å². The van der Waals surface area contributed by atoms with Crippen molar-refractivity contribution in [3.63, 3.8) is 0 Å². The average molecular weight is 247 g/mol. The van der Waals surface area contributed by atoms with E-state index in [0.29, 0.717) is 0 Å². The number of benzene rings is 1. The summed E-state index contributed by atoms with van der Waals surface area (Å²) in [6.07, 6.45) is 1.90. The molecule has 0 bridgehead atoms. The van der Waals surface area contributed by atoms with Crippen LogP contribution in [0.4, 0.5) is 0 Å². The number of rotatable bonds is 3. The number of fused-ring (bicyclic) bond motifs is 1. The molecule has 1 aromatic carbocycles. The van der Waals surface area contributed by atoms with Gasteiger partial charge >= 0.3 is 5.97 Å². The van der Waals surface area contributed by atoms with Gasteiger partial charge in [0.15, 0.2) is 0 Å². The maximum atomic E-state index is 11.4. The van der Waals surface area contributed by atoms with Crippen LogP contribution in [0.25, 0.3) is 0 Å². The van der Waals surface area contributed by atoms with E-state index in [1.165, 1.54) is 11.1 Å². The maximum absolute atomic E-state index is 11.4. The van der Waals surface area contributed by atoms with E-state index in [9.17, 15) is 9.90 Å². The van der Waals surface area contributed by atoms with Gasteiger partial charge in [-0.15, -0.1) is 0 Å². The minimum Gasteiger partial charge on any atom is -0.480 e. The lowest BCUT2D eigenvalue weighted by atomic mass is 10.0. The lowest BCUT2D eigenvalue weighted by molar-refractivity contribution is -0.145. The van der Waals surface area contributed by atoms with Gasteiger partial charge in [0, 0.05) is 13.1 Å². The predicted molar refractivity (Wildman–Crippen MR) is 71.7 cm³/mol. The standard InChI is InChI=1S/C15H21NO2/c1-11(2)14(15(17)18)16-9-7-12-5-3-4-6-13(12)8-10-16/h3-6,11,14H,7-10H2,1-2H3,(H,17,18). The summed E-state index contributed by atoms with van der Waals surface area (Å²) in [5.41, 5.74) is 2.74. The second-order valence-electron chi connectivity index (χ2n) is 5.33. The van der Waals surface area contributed by atoms with Crippen LogP contribution in [-0.2, 0) is 17.6 Å². The van der Waals surface area contributed by atoms with Gasteiger partial charge in [-0.1, -0.05) is 38.1 Å². The molecule has 1 aliphatic heterocycles. The SMILES string of the molecule is CC(C)C(C(=O)O)N1CCc2ccccc2CC1. The molecule has 0 saturated heterocycles. The lowest BCUT2D eigenvalue weighted by Crippen LogP contribution is -2.45. The van der Waals surface area contributed by atoms with Crippen molar-refractivity contribution in [1.82, 2.24) is 4.90 Å². The summed E-state index contributed by atoms with van der Waals surface area (Å²) < 4.78 is 0. The van der Waals surface area contributed by atoms with Gasteiger partial charge < -0.3 is 5.11 Å². The third kappa shape index (κ3) is 2.72. The van der Waals surface area contributed by atoms with Crippen molar-refractivity contribution in [2.75, 3.05) is 13.1 Å². The van der Waals surface area contributed by atoms with Gasteiger partial charge in [-0.3, -0.25) is 9.69 Å². The first-order chi connectivity index (χ1) is 8.59. The molecule has 98 valence electrons. The van der Waals surface area contributed by atoms with E-state index in [4.69, 9.17) is 0 Å². The Kier molecular flexibility index (Phi) is 4.02. The fraction of sp³-hybridized carbons (Fsp3) is 0.533. The molecular weight excluding hydrogens is 226 g/mol. The van der Waals surface area contributed by atoms with E-state index in [0.717, 1.165) is 25.9 Å². The lowest BCUT2D eigenvalue weighted by Gasteiger charge is -2.30. The van der Waals surface area contributed by atoms with Crippen LogP contribution in [0.15, 0.2) is 24.3 Å². The molecule has 1 atom stereocenters. The van der Waals surface area contributed by atoms with E-state index in [1.807, 2.05) is 13.8 Å². The second-order valence-corrected chi connectivity index (χ2v) is 5.33. The first-order valence-corrected chi connectivity index (χ1v) is 6.63. The smallest absolute Gasteiger partial charge is 0.321 e. The van der Waals surface area contributed by atoms with Crippen LogP contribution >= 0.6 is 0 Å². The second kappa shape index (κ2) is 5.53. The van der Waals surface area contributed by atoms with Crippen LogP contribution in [0.5, 0.6) is 0 Å². The first kappa shape index (κ1) is 13.1. The Labute approximate surface area is 108 Å². The summed E-state index contributed by atoms with van der Waals surface area (Å²) in [6, 6.07) is 8.07. The van der Waals surface area contributed by atoms with Gasteiger partial charge in [-0.2, -0.15) is 0 Å². The van der Waals surface area contributed by atoms with Crippen LogP contribution in [0.2, 0.25) is 0 Å². The molecule has 3 nitrogen and oxygen atoms in total.